The van der Waals surface area contributed by atoms with Crippen LogP contribution in [0.25, 0.3) is 0 Å². The molecule has 0 unspecified atom stereocenters. The van der Waals surface area contributed by atoms with E-state index in [2.05, 4.69) is 9.97 Å². The molecule has 0 radical (unpaired) electrons. The number of aromatic nitrogens is 2. The van der Waals surface area contributed by atoms with Crippen molar-refractivity contribution in [2.45, 2.75) is 13.0 Å². The van der Waals surface area contributed by atoms with Crippen LogP contribution < -0.4 is 4.74 Å². The standard InChI is InChI=1S/C16H18FN3O3/c1-10-8-18-15(19-10)13-9-23-6-5-20(13)16(21)12-7-11(17)3-4-14(12)22-2/h3-4,7-8,13H,5-6,9H2,1-2H3,(H,18,19)/t13-/m1/s1. The van der Waals surface area contributed by atoms with Crippen molar-refractivity contribution < 1.29 is 18.7 Å². The van der Waals surface area contributed by atoms with Gasteiger partial charge in [0.2, 0.25) is 0 Å². The Bertz CT molecular complexity index is 716. The summed E-state index contributed by atoms with van der Waals surface area (Å²) in [6, 6.07) is 3.58. The molecule has 3 rings (SSSR count). The normalized spacial score (nSPS) is 18.0. The molecule has 1 N–H and O–H groups in total. The first-order valence-corrected chi connectivity index (χ1v) is 7.34. The summed E-state index contributed by atoms with van der Waals surface area (Å²) in [5, 5.41) is 0. The Labute approximate surface area is 133 Å². The topological polar surface area (TPSA) is 67.4 Å². The van der Waals surface area contributed by atoms with Crippen LogP contribution in [0.2, 0.25) is 0 Å². The third-order valence-corrected chi connectivity index (χ3v) is 3.82. The molecule has 6 nitrogen and oxygen atoms in total. The summed E-state index contributed by atoms with van der Waals surface area (Å²) in [6.07, 6.45) is 1.70. The first-order chi connectivity index (χ1) is 11.1. The van der Waals surface area contributed by atoms with Gasteiger partial charge in [-0.2, -0.15) is 0 Å². The number of carbonyl (C=O) groups is 1. The molecular formula is C16H18FN3O3. The van der Waals surface area contributed by atoms with E-state index in [4.69, 9.17) is 9.47 Å². The van der Waals surface area contributed by atoms with Crippen molar-refractivity contribution in [3.8, 4) is 5.75 Å². The lowest BCUT2D eigenvalue weighted by atomic mass is 10.1. The zero-order valence-electron chi connectivity index (χ0n) is 13.0. The monoisotopic (exact) mass is 319 g/mol. The first kappa shape index (κ1) is 15.5. The summed E-state index contributed by atoms with van der Waals surface area (Å²) in [4.78, 5) is 22.0. The van der Waals surface area contributed by atoms with Gasteiger partial charge in [0.05, 0.1) is 25.9 Å². The Morgan fingerprint density at radius 3 is 3.04 bits per heavy atom. The fourth-order valence-electron chi connectivity index (χ4n) is 2.68. The van der Waals surface area contributed by atoms with Gasteiger partial charge >= 0.3 is 0 Å². The van der Waals surface area contributed by atoms with Crippen molar-refractivity contribution in [1.82, 2.24) is 14.9 Å². The number of imidazole rings is 1. The Hall–Kier alpha value is -2.41. The number of morpholine rings is 1. The van der Waals surface area contributed by atoms with Crippen molar-refractivity contribution in [1.29, 1.82) is 0 Å². The average molecular weight is 319 g/mol. The number of rotatable bonds is 3. The third kappa shape index (κ3) is 3.05. The van der Waals surface area contributed by atoms with Gasteiger partial charge in [-0.1, -0.05) is 0 Å². The minimum absolute atomic E-state index is 0.197. The number of amides is 1. The predicted octanol–water partition coefficient (Wildman–Crippen LogP) is 2.08. The molecule has 7 heteroatoms. The van der Waals surface area contributed by atoms with Crippen LogP contribution in [0.1, 0.15) is 27.9 Å². The molecule has 1 aliphatic heterocycles. The number of benzene rings is 1. The van der Waals surface area contributed by atoms with Crippen LogP contribution in [0, 0.1) is 12.7 Å². The number of ether oxygens (including phenoxy) is 2. The van der Waals surface area contributed by atoms with E-state index in [-0.39, 0.29) is 17.5 Å². The lowest BCUT2D eigenvalue weighted by Crippen LogP contribution is -2.44. The Morgan fingerprint density at radius 2 is 2.35 bits per heavy atom. The molecule has 2 aromatic rings. The summed E-state index contributed by atoms with van der Waals surface area (Å²) in [5.74, 6) is 0.222. The number of nitrogens with one attached hydrogen (secondary N) is 1. The van der Waals surface area contributed by atoms with Crippen LogP contribution in [-0.4, -0.2) is 47.6 Å². The summed E-state index contributed by atoms with van der Waals surface area (Å²) in [6.45, 7) is 3.07. The number of methoxy groups -OCH3 is 1. The summed E-state index contributed by atoms with van der Waals surface area (Å²) >= 11 is 0. The van der Waals surface area contributed by atoms with Crippen molar-refractivity contribution in [3.05, 3.63) is 47.3 Å². The summed E-state index contributed by atoms with van der Waals surface area (Å²) in [7, 11) is 1.46. The van der Waals surface area contributed by atoms with Crippen LogP contribution in [0.5, 0.6) is 5.75 Å². The van der Waals surface area contributed by atoms with Crippen LogP contribution in [-0.2, 0) is 4.74 Å². The van der Waals surface area contributed by atoms with Gasteiger partial charge in [-0.3, -0.25) is 4.79 Å². The number of halogens is 1. The van der Waals surface area contributed by atoms with Crippen LogP contribution >= 0.6 is 0 Å². The van der Waals surface area contributed by atoms with E-state index in [1.807, 2.05) is 6.92 Å². The highest BCUT2D eigenvalue weighted by atomic mass is 19.1. The van der Waals surface area contributed by atoms with E-state index in [9.17, 15) is 9.18 Å². The zero-order chi connectivity index (χ0) is 16.4. The molecule has 1 aromatic carbocycles. The van der Waals surface area contributed by atoms with Crippen molar-refractivity contribution in [2.24, 2.45) is 0 Å². The second kappa shape index (κ2) is 6.37. The van der Waals surface area contributed by atoms with Crippen molar-refractivity contribution >= 4 is 5.91 Å². The van der Waals surface area contributed by atoms with Gasteiger partial charge in [-0.05, 0) is 25.1 Å². The molecule has 122 valence electrons. The predicted molar refractivity (Wildman–Crippen MR) is 80.9 cm³/mol. The number of nitrogens with zero attached hydrogens (tertiary/aromatic N) is 2. The molecule has 0 saturated carbocycles. The minimum Gasteiger partial charge on any atom is -0.496 e. The molecule has 1 saturated heterocycles. The fraction of sp³-hybridized carbons (Fsp3) is 0.375. The maximum Gasteiger partial charge on any atom is 0.258 e. The fourth-order valence-corrected chi connectivity index (χ4v) is 2.68. The Kier molecular flexibility index (Phi) is 4.29. The molecule has 1 fully saturated rings. The molecule has 1 atom stereocenters. The van der Waals surface area contributed by atoms with Gasteiger partial charge in [0.15, 0.2) is 0 Å². The zero-order valence-corrected chi connectivity index (χ0v) is 13.0. The van der Waals surface area contributed by atoms with E-state index in [1.165, 1.54) is 25.3 Å². The Morgan fingerprint density at radius 1 is 1.52 bits per heavy atom. The second-order valence-electron chi connectivity index (χ2n) is 5.39. The molecule has 1 aromatic heterocycles. The first-order valence-electron chi connectivity index (χ1n) is 7.34. The molecule has 1 amide bonds. The van der Waals surface area contributed by atoms with E-state index < -0.39 is 5.82 Å². The quantitative estimate of drug-likeness (QED) is 0.940. The number of carbonyl (C=O) groups excluding carboxylic acids is 1. The molecule has 23 heavy (non-hydrogen) atoms. The SMILES string of the molecule is COc1ccc(F)cc1C(=O)N1CCOC[C@@H]1c1ncc(C)[nH]1. The van der Waals surface area contributed by atoms with Gasteiger partial charge in [-0.25, -0.2) is 9.37 Å². The Balaban J connectivity index is 1.94. The third-order valence-electron chi connectivity index (χ3n) is 3.82. The van der Waals surface area contributed by atoms with Gasteiger partial charge in [0.1, 0.15) is 23.4 Å². The minimum atomic E-state index is -0.479. The lowest BCUT2D eigenvalue weighted by Gasteiger charge is -2.34. The van der Waals surface area contributed by atoms with Crippen LogP contribution in [0.4, 0.5) is 4.39 Å². The highest BCUT2D eigenvalue weighted by Crippen LogP contribution is 2.28. The maximum absolute atomic E-state index is 13.6. The van der Waals surface area contributed by atoms with Crippen LogP contribution in [0.3, 0.4) is 0 Å². The van der Waals surface area contributed by atoms with Gasteiger partial charge in [-0.15, -0.1) is 0 Å². The number of hydrogen-bond donors (Lipinski definition) is 1. The second-order valence-corrected chi connectivity index (χ2v) is 5.39. The molecule has 0 spiro atoms. The maximum atomic E-state index is 13.6. The van der Waals surface area contributed by atoms with E-state index in [1.54, 1.807) is 11.1 Å². The van der Waals surface area contributed by atoms with Crippen molar-refractivity contribution in [2.75, 3.05) is 26.9 Å². The lowest BCUT2D eigenvalue weighted by molar-refractivity contribution is -0.00517. The largest absolute Gasteiger partial charge is 0.496 e. The number of hydrogen-bond acceptors (Lipinski definition) is 4. The summed E-state index contributed by atoms with van der Waals surface area (Å²) in [5.41, 5.74) is 1.10. The van der Waals surface area contributed by atoms with Crippen LogP contribution in [0.15, 0.2) is 24.4 Å². The van der Waals surface area contributed by atoms with Gasteiger partial charge in [0, 0.05) is 18.4 Å². The molecule has 2 heterocycles. The summed E-state index contributed by atoms with van der Waals surface area (Å²) < 4.78 is 24.2. The van der Waals surface area contributed by atoms with Gasteiger partial charge in [0.25, 0.3) is 5.91 Å². The molecular weight excluding hydrogens is 301 g/mol. The number of aromatic amines is 1. The average Bonchev–Trinajstić information content (AvgIpc) is 3.00. The van der Waals surface area contributed by atoms with E-state index in [0.29, 0.717) is 31.3 Å². The van der Waals surface area contributed by atoms with Crippen molar-refractivity contribution in [3.63, 3.8) is 0 Å². The molecule has 0 aliphatic carbocycles. The van der Waals surface area contributed by atoms with E-state index in [0.717, 1.165) is 5.69 Å². The highest BCUT2D eigenvalue weighted by Gasteiger charge is 2.32. The number of H-pyrrole nitrogens is 1. The highest BCUT2D eigenvalue weighted by molar-refractivity contribution is 5.97. The van der Waals surface area contributed by atoms with E-state index >= 15 is 0 Å². The van der Waals surface area contributed by atoms with Gasteiger partial charge < -0.3 is 19.4 Å². The smallest absolute Gasteiger partial charge is 0.258 e. The molecule has 1 aliphatic rings. The molecule has 0 bridgehead atoms. The number of aryl methyl sites for hydroxylation is 1.